The molecule has 3 aromatic rings. The van der Waals surface area contributed by atoms with Crippen LogP contribution in [0.15, 0.2) is 77.7 Å². The first kappa shape index (κ1) is 26.5. The molecular weight excluding hydrogens is 461 g/mol. The van der Waals surface area contributed by atoms with Gasteiger partial charge in [-0.1, -0.05) is 58.2 Å². The van der Waals surface area contributed by atoms with Crippen LogP contribution >= 0.6 is 0 Å². The highest BCUT2D eigenvalue weighted by atomic mass is 19.1. The van der Waals surface area contributed by atoms with Crippen molar-refractivity contribution < 1.29 is 19.0 Å². The predicted octanol–water partition coefficient (Wildman–Crippen LogP) is 4.83. The predicted molar refractivity (Wildman–Crippen MR) is 138 cm³/mol. The smallest absolute Gasteiger partial charge is 0.278 e. The highest BCUT2D eigenvalue weighted by Gasteiger charge is 2.39. The van der Waals surface area contributed by atoms with E-state index in [2.05, 4.69) is 0 Å². The Hall–Kier alpha value is -4.07. The van der Waals surface area contributed by atoms with Gasteiger partial charge in [-0.3, -0.25) is 19.3 Å². The lowest BCUT2D eigenvalue weighted by Crippen LogP contribution is -2.57. The highest BCUT2D eigenvalue weighted by Crippen LogP contribution is 2.37. The first-order chi connectivity index (χ1) is 16.5. The summed E-state index contributed by atoms with van der Waals surface area (Å²) in [5.41, 5.74) is 0.832. The van der Waals surface area contributed by atoms with Gasteiger partial charge >= 0.3 is 0 Å². The van der Waals surface area contributed by atoms with E-state index in [9.17, 15) is 19.1 Å². The van der Waals surface area contributed by atoms with Gasteiger partial charge < -0.3 is 14.7 Å². The summed E-state index contributed by atoms with van der Waals surface area (Å²) in [5.74, 6) is -1.08. The van der Waals surface area contributed by atoms with E-state index in [0.717, 1.165) is 5.56 Å². The first-order valence-electron chi connectivity index (χ1n) is 11.2. The van der Waals surface area contributed by atoms with E-state index in [-0.39, 0.29) is 39.9 Å². The fourth-order valence-corrected chi connectivity index (χ4v) is 4.63. The molecule has 2 aromatic carbocycles. The van der Waals surface area contributed by atoms with Crippen molar-refractivity contribution in [1.82, 2.24) is 9.58 Å². The second-order valence-electron chi connectivity index (χ2n) is 8.29. The van der Waals surface area contributed by atoms with Crippen molar-refractivity contribution in [2.75, 3.05) is 18.3 Å². The lowest BCUT2D eigenvalue weighted by Gasteiger charge is -2.45. The molecule has 36 heavy (non-hydrogen) atoms. The summed E-state index contributed by atoms with van der Waals surface area (Å²) in [6.07, 6.45) is 5.77. The second-order valence-corrected chi connectivity index (χ2v) is 8.29. The van der Waals surface area contributed by atoms with E-state index in [0.29, 0.717) is 17.7 Å². The van der Waals surface area contributed by atoms with Gasteiger partial charge in [-0.2, -0.15) is 0 Å². The van der Waals surface area contributed by atoms with Crippen molar-refractivity contribution >= 4 is 5.91 Å². The van der Waals surface area contributed by atoms with Gasteiger partial charge in [-0.15, -0.1) is 0 Å². The van der Waals surface area contributed by atoms with Gasteiger partial charge in [0.25, 0.3) is 5.91 Å². The molecule has 2 aliphatic heterocycles. The van der Waals surface area contributed by atoms with Crippen molar-refractivity contribution in [3.05, 3.63) is 106 Å². The molecule has 7 nitrogen and oxygen atoms in total. The minimum atomic E-state index is -0.628. The number of halogens is 1. The standard InChI is InChI=1S/C26H24FN3O4.2CH4/c1-2-19-9-6-14-34-22-15-18(27)10-11-20(22)23(17-7-4-3-5-8-17)30-16-28(19)26(33)24-25(32)21(31)12-13-29(24)30;;/h3-13,15,19,23,32H,2,14,16H2,1H3;2*1H4/b9-6+;;/t19-,23+;;/m0../s1. The summed E-state index contributed by atoms with van der Waals surface area (Å²) >= 11 is 0. The topological polar surface area (TPSA) is 75.0 Å². The summed E-state index contributed by atoms with van der Waals surface area (Å²) in [7, 11) is 0. The van der Waals surface area contributed by atoms with Crippen LogP contribution in [0, 0.1) is 5.82 Å². The zero-order valence-electron chi connectivity index (χ0n) is 18.6. The maximum absolute atomic E-state index is 14.2. The van der Waals surface area contributed by atoms with Gasteiger partial charge in [0.05, 0.1) is 6.04 Å². The molecule has 190 valence electrons. The summed E-state index contributed by atoms with van der Waals surface area (Å²) in [6, 6.07) is 14.4. The summed E-state index contributed by atoms with van der Waals surface area (Å²) in [5, 5.41) is 12.5. The average Bonchev–Trinajstić information content (AvgIpc) is 2.87. The van der Waals surface area contributed by atoms with Crippen LogP contribution in [0.25, 0.3) is 0 Å². The number of pyridine rings is 1. The van der Waals surface area contributed by atoms with Gasteiger partial charge in [0.2, 0.25) is 5.43 Å². The third kappa shape index (κ3) is 4.46. The minimum Gasteiger partial charge on any atom is -0.502 e. The molecule has 3 heterocycles. The molecule has 0 unspecified atom stereocenters. The lowest BCUT2D eigenvalue weighted by molar-refractivity contribution is 0.0626. The number of aromatic hydroxyl groups is 1. The molecule has 0 saturated carbocycles. The first-order valence-corrected chi connectivity index (χ1v) is 11.2. The number of ether oxygens (including phenoxy) is 1. The number of aromatic nitrogens is 1. The van der Waals surface area contributed by atoms with Crippen LogP contribution in [-0.2, 0) is 0 Å². The Morgan fingerprint density at radius 1 is 1.08 bits per heavy atom. The molecule has 0 spiro atoms. The number of hydrogen-bond donors (Lipinski definition) is 1. The van der Waals surface area contributed by atoms with Crippen molar-refractivity contribution in [2.45, 2.75) is 40.3 Å². The summed E-state index contributed by atoms with van der Waals surface area (Å²) < 4.78 is 21.7. The zero-order valence-corrected chi connectivity index (χ0v) is 18.6. The van der Waals surface area contributed by atoms with Crippen LogP contribution in [0.3, 0.4) is 0 Å². The van der Waals surface area contributed by atoms with Crippen LogP contribution in [0.4, 0.5) is 4.39 Å². The second kappa shape index (κ2) is 10.7. The Morgan fingerprint density at radius 3 is 2.56 bits per heavy atom. The number of amides is 1. The van der Waals surface area contributed by atoms with Crippen molar-refractivity contribution in [2.24, 2.45) is 0 Å². The Labute approximate surface area is 210 Å². The van der Waals surface area contributed by atoms with Crippen molar-refractivity contribution in [1.29, 1.82) is 0 Å². The van der Waals surface area contributed by atoms with E-state index in [1.54, 1.807) is 17.0 Å². The molecule has 1 aromatic heterocycles. The van der Waals surface area contributed by atoms with E-state index in [1.165, 1.54) is 29.1 Å². The molecule has 2 atom stereocenters. The Bertz CT molecular complexity index is 1320. The SMILES string of the molecule is C.C.CC[C@H]1/C=C/COc2cc(F)ccc2[C@@H](c2ccccc2)N2CN1C(=O)c1c(O)c(=O)ccn12. The number of carbonyl (C=O) groups excluding carboxylic acids is 1. The maximum atomic E-state index is 14.2. The van der Waals surface area contributed by atoms with Gasteiger partial charge in [0, 0.05) is 23.9 Å². The monoisotopic (exact) mass is 493 g/mol. The molecule has 0 aliphatic carbocycles. The molecule has 5 rings (SSSR count). The van der Waals surface area contributed by atoms with Gasteiger partial charge in [0.15, 0.2) is 11.4 Å². The van der Waals surface area contributed by atoms with Gasteiger partial charge in [-0.05, 0) is 30.2 Å². The number of nitrogens with zero attached hydrogens (tertiary/aromatic N) is 3. The molecule has 0 fully saturated rings. The number of carbonyl (C=O) groups is 1. The maximum Gasteiger partial charge on any atom is 0.278 e. The minimum absolute atomic E-state index is 0. The Kier molecular flexibility index (Phi) is 7.87. The normalized spacial score (nSPS) is 19.4. The number of hydrogen-bond acceptors (Lipinski definition) is 5. The largest absolute Gasteiger partial charge is 0.502 e. The number of rotatable bonds is 2. The highest BCUT2D eigenvalue weighted by molar-refractivity contribution is 5.96. The zero-order chi connectivity index (χ0) is 23.8. The number of benzene rings is 2. The van der Waals surface area contributed by atoms with Crippen LogP contribution in [-0.4, -0.2) is 39.9 Å². The van der Waals surface area contributed by atoms with E-state index < -0.39 is 28.9 Å². The molecule has 1 amide bonds. The molecule has 1 N–H and O–H groups in total. The Morgan fingerprint density at radius 2 is 1.83 bits per heavy atom. The van der Waals surface area contributed by atoms with Crippen LogP contribution in [0.2, 0.25) is 0 Å². The average molecular weight is 494 g/mol. The Balaban J connectivity index is 0.00000180. The third-order valence-electron chi connectivity index (χ3n) is 6.29. The lowest BCUT2D eigenvalue weighted by atomic mass is 9.96. The van der Waals surface area contributed by atoms with Crippen LogP contribution < -0.4 is 15.2 Å². The molecular formula is C28H32FN3O4. The van der Waals surface area contributed by atoms with Crippen LogP contribution in [0.1, 0.15) is 55.9 Å². The van der Waals surface area contributed by atoms with Crippen molar-refractivity contribution in [3.8, 4) is 11.5 Å². The summed E-state index contributed by atoms with van der Waals surface area (Å²) in [6.45, 7) is 2.33. The number of fused-ring (bicyclic) bond motifs is 5. The van der Waals surface area contributed by atoms with E-state index in [4.69, 9.17) is 4.74 Å². The molecule has 2 bridgehead atoms. The fraction of sp³-hybridized carbons (Fsp3) is 0.286. The molecule has 0 saturated heterocycles. The van der Waals surface area contributed by atoms with Gasteiger partial charge in [0.1, 0.15) is 30.9 Å². The third-order valence-corrected chi connectivity index (χ3v) is 6.29. The van der Waals surface area contributed by atoms with Crippen molar-refractivity contribution in [3.63, 3.8) is 0 Å². The van der Waals surface area contributed by atoms with E-state index in [1.807, 2.05) is 48.3 Å². The fourth-order valence-electron chi connectivity index (χ4n) is 4.63. The van der Waals surface area contributed by atoms with Gasteiger partial charge in [-0.25, -0.2) is 4.39 Å². The van der Waals surface area contributed by atoms with Crippen LogP contribution in [0.5, 0.6) is 11.5 Å². The molecule has 2 aliphatic rings. The molecule has 0 radical (unpaired) electrons. The molecule has 8 heteroatoms. The summed E-state index contributed by atoms with van der Waals surface area (Å²) in [4.78, 5) is 27.4. The van der Waals surface area contributed by atoms with E-state index >= 15 is 0 Å². The quantitative estimate of drug-likeness (QED) is 0.518.